The van der Waals surface area contributed by atoms with E-state index in [-0.39, 0.29) is 17.1 Å². The van der Waals surface area contributed by atoms with Crippen molar-refractivity contribution in [2.75, 3.05) is 0 Å². The van der Waals surface area contributed by atoms with Gasteiger partial charge in [0, 0.05) is 24.8 Å². The molecule has 8 heteroatoms. The molecule has 0 unspecified atom stereocenters. The van der Waals surface area contributed by atoms with Crippen molar-refractivity contribution in [2.24, 2.45) is 7.05 Å². The lowest BCUT2D eigenvalue weighted by atomic mass is 10.0. The van der Waals surface area contributed by atoms with Gasteiger partial charge in [-0.3, -0.25) is 9.59 Å². The number of hydrogen-bond acceptors (Lipinski definition) is 4. The van der Waals surface area contributed by atoms with Gasteiger partial charge in [0.2, 0.25) is 0 Å². The number of carbonyl (C=O) groups excluding carboxylic acids is 1. The van der Waals surface area contributed by atoms with Gasteiger partial charge in [0.15, 0.2) is 5.69 Å². The van der Waals surface area contributed by atoms with Crippen LogP contribution in [0.4, 0.5) is 4.39 Å². The highest BCUT2D eigenvalue weighted by molar-refractivity contribution is 6.04. The smallest absolute Gasteiger partial charge is 0.273 e. The van der Waals surface area contributed by atoms with Gasteiger partial charge >= 0.3 is 0 Å². The Kier molecular flexibility index (Phi) is 4.44. The van der Waals surface area contributed by atoms with Gasteiger partial charge in [-0.1, -0.05) is 30.3 Å². The molecule has 0 aliphatic rings. The molecule has 7 nitrogen and oxygen atoms in total. The minimum Gasteiger partial charge on any atom is -0.337 e. The number of nitrogens with one attached hydrogen (secondary N) is 2. The number of amides is 1. The van der Waals surface area contributed by atoms with Crippen molar-refractivity contribution in [3.05, 3.63) is 94.2 Å². The summed E-state index contributed by atoms with van der Waals surface area (Å²) in [5.41, 5.74) is 0.389. The summed E-state index contributed by atoms with van der Waals surface area (Å²) in [4.78, 5) is 29.3. The number of benzene rings is 2. The van der Waals surface area contributed by atoms with E-state index in [0.717, 1.165) is 0 Å². The van der Waals surface area contributed by atoms with E-state index in [1.807, 2.05) is 0 Å². The summed E-state index contributed by atoms with van der Waals surface area (Å²) < 4.78 is 15.1. The van der Waals surface area contributed by atoms with Crippen LogP contribution in [0.2, 0.25) is 0 Å². The van der Waals surface area contributed by atoms with Gasteiger partial charge in [0.05, 0.1) is 5.39 Å². The molecule has 28 heavy (non-hydrogen) atoms. The molecule has 2 aromatic carbocycles. The van der Waals surface area contributed by atoms with E-state index >= 15 is 0 Å². The number of nitrogens with zero attached hydrogens (tertiary/aromatic N) is 3. The number of aromatic amines is 1. The third-order valence-corrected chi connectivity index (χ3v) is 4.51. The first-order valence-corrected chi connectivity index (χ1v) is 8.55. The van der Waals surface area contributed by atoms with Crippen LogP contribution in [0.3, 0.4) is 0 Å². The van der Waals surface area contributed by atoms with Crippen LogP contribution in [-0.2, 0) is 7.05 Å². The van der Waals surface area contributed by atoms with Crippen molar-refractivity contribution < 1.29 is 9.18 Å². The number of hydrogen-bond donors (Lipinski definition) is 2. The summed E-state index contributed by atoms with van der Waals surface area (Å²) in [5.74, 6) is -0.277. The molecule has 2 heterocycles. The van der Waals surface area contributed by atoms with E-state index in [4.69, 9.17) is 0 Å². The van der Waals surface area contributed by atoms with Crippen molar-refractivity contribution in [3.8, 4) is 0 Å². The quantitative estimate of drug-likeness (QED) is 0.571. The zero-order valence-electron chi connectivity index (χ0n) is 14.9. The van der Waals surface area contributed by atoms with Crippen LogP contribution in [-0.4, -0.2) is 25.7 Å². The summed E-state index contributed by atoms with van der Waals surface area (Å²) in [5, 5.41) is 10.0. The van der Waals surface area contributed by atoms with Gasteiger partial charge in [-0.2, -0.15) is 5.10 Å². The van der Waals surface area contributed by atoms with E-state index in [9.17, 15) is 14.0 Å². The highest BCUT2D eigenvalue weighted by Gasteiger charge is 2.23. The molecule has 2 aromatic heterocycles. The number of aryl methyl sites for hydroxylation is 1. The predicted octanol–water partition coefficient (Wildman–Crippen LogP) is 2.32. The van der Waals surface area contributed by atoms with E-state index in [2.05, 4.69) is 20.5 Å². The minimum absolute atomic E-state index is 0.0940. The summed E-state index contributed by atoms with van der Waals surface area (Å²) in [6.07, 6.45) is 3.37. The normalized spacial score (nSPS) is 12.1. The van der Waals surface area contributed by atoms with Crippen LogP contribution in [0, 0.1) is 5.82 Å². The Balaban J connectivity index is 1.76. The molecule has 140 valence electrons. The molecule has 4 rings (SSSR count). The molecule has 0 fully saturated rings. The first-order chi connectivity index (χ1) is 13.5. The van der Waals surface area contributed by atoms with Crippen molar-refractivity contribution in [1.82, 2.24) is 25.1 Å². The van der Waals surface area contributed by atoms with Crippen LogP contribution in [0.1, 0.15) is 27.9 Å². The Morgan fingerprint density at radius 2 is 1.86 bits per heavy atom. The number of carbonyl (C=O) groups is 1. The fraction of sp³-hybridized carbons (Fsp3) is 0.100. The molecule has 2 N–H and O–H groups in total. The monoisotopic (exact) mass is 377 g/mol. The molecular formula is C20H16FN5O2. The number of H-pyrrole nitrogens is 1. The molecule has 1 atom stereocenters. The summed E-state index contributed by atoms with van der Waals surface area (Å²) in [7, 11) is 1.80. The van der Waals surface area contributed by atoms with Gasteiger partial charge in [-0.25, -0.2) is 14.5 Å². The zero-order chi connectivity index (χ0) is 19.7. The molecule has 4 aromatic rings. The third kappa shape index (κ3) is 3.16. The Hall–Kier alpha value is -3.81. The summed E-state index contributed by atoms with van der Waals surface area (Å²) in [6, 6.07) is 11.9. The number of halogens is 1. The summed E-state index contributed by atoms with van der Waals surface area (Å²) >= 11 is 0. The van der Waals surface area contributed by atoms with Crippen LogP contribution < -0.4 is 10.9 Å². The molecule has 0 saturated heterocycles. The highest BCUT2D eigenvalue weighted by Crippen LogP contribution is 2.22. The molecule has 1 amide bonds. The van der Waals surface area contributed by atoms with E-state index in [1.54, 1.807) is 60.4 Å². The lowest BCUT2D eigenvalue weighted by Gasteiger charge is -2.19. The number of aromatic nitrogens is 4. The maximum Gasteiger partial charge on any atom is 0.273 e. The molecular weight excluding hydrogens is 361 g/mol. The Labute approximate surface area is 158 Å². The van der Waals surface area contributed by atoms with Crippen molar-refractivity contribution in [1.29, 1.82) is 0 Å². The van der Waals surface area contributed by atoms with Crippen LogP contribution in [0.5, 0.6) is 0 Å². The first-order valence-electron chi connectivity index (χ1n) is 8.55. The number of imidazole rings is 1. The summed E-state index contributed by atoms with van der Waals surface area (Å²) in [6.45, 7) is 0. The van der Waals surface area contributed by atoms with Gasteiger partial charge in [-0.15, -0.1) is 0 Å². The largest absolute Gasteiger partial charge is 0.337 e. The maximum atomic E-state index is 13.4. The molecule has 0 aliphatic carbocycles. The average molecular weight is 377 g/mol. The SMILES string of the molecule is Cn1ccnc1[C@@H](NC(=O)c1n[nH]c(=O)c2ccccc12)c1ccc(F)cc1. The van der Waals surface area contributed by atoms with E-state index < -0.39 is 11.9 Å². The minimum atomic E-state index is -0.624. The maximum absolute atomic E-state index is 13.4. The topological polar surface area (TPSA) is 92.7 Å². The second kappa shape index (κ2) is 7.07. The molecule has 0 radical (unpaired) electrons. The molecule has 0 aliphatic heterocycles. The fourth-order valence-electron chi connectivity index (χ4n) is 3.09. The zero-order valence-corrected chi connectivity index (χ0v) is 14.9. The second-order valence-electron chi connectivity index (χ2n) is 6.30. The Morgan fingerprint density at radius 1 is 1.14 bits per heavy atom. The first kappa shape index (κ1) is 17.6. The molecule has 0 saturated carbocycles. The van der Waals surface area contributed by atoms with Crippen LogP contribution >= 0.6 is 0 Å². The van der Waals surface area contributed by atoms with Crippen LogP contribution in [0.25, 0.3) is 10.8 Å². The van der Waals surface area contributed by atoms with Crippen molar-refractivity contribution in [3.63, 3.8) is 0 Å². The second-order valence-corrected chi connectivity index (χ2v) is 6.30. The molecule has 0 spiro atoms. The van der Waals surface area contributed by atoms with E-state index in [1.165, 1.54) is 12.1 Å². The van der Waals surface area contributed by atoms with Crippen LogP contribution in [0.15, 0.2) is 65.7 Å². The van der Waals surface area contributed by atoms with Gasteiger partial charge in [0.25, 0.3) is 11.5 Å². The van der Waals surface area contributed by atoms with Crippen molar-refractivity contribution >= 4 is 16.7 Å². The number of fused-ring (bicyclic) bond motifs is 1. The van der Waals surface area contributed by atoms with E-state index in [0.29, 0.717) is 22.2 Å². The Morgan fingerprint density at radius 3 is 2.54 bits per heavy atom. The van der Waals surface area contributed by atoms with Gasteiger partial charge < -0.3 is 9.88 Å². The Bertz CT molecular complexity index is 1210. The predicted molar refractivity (Wildman–Crippen MR) is 101 cm³/mol. The standard InChI is InChI=1S/C20H16FN5O2/c1-26-11-10-22-18(26)16(12-6-8-13(21)9-7-12)23-20(28)17-14-4-2-3-5-15(14)19(27)25-24-17/h2-11,16H,1H3,(H,23,28)(H,25,27)/t16-/m0/s1. The van der Waals surface area contributed by atoms with Gasteiger partial charge in [-0.05, 0) is 23.8 Å². The highest BCUT2D eigenvalue weighted by atomic mass is 19.1. The fourth-order valence-corrected chi connectivity index (χ4v) is 3.09. The van der Waals surface area contributed by atoms with Gasteiger partial charge in [0.1, 0.15) is 17.7 Å². The average Bonchev–Trinajstić information content (AvgIpc) is 3.13. The lowest BCUT2D eigenvalue weighted by Crippen LogP contribution is -2.32. The number of rotatable bonds is 4. The van der Waals surface area contributed by atoms with Crippen molar-refractivity contribution in [2.45, 2.75) is 6.04 Å². The third-order valence-electron chi connectivity index (χ3n) is 4.51. The lowest BCUT2D eigenvalue weighted by molar-refractivity contribution is 0.0937. The molecule has 0 bridgehead atoms.